The first-order valence-electron chi connectivity index (χ1n) is 8.88. The van der Waals surface area contributed by atoms with E-state index in [4.69, 9.17) is 9.47 Å². The minimum Gasteiger partial charge on any atom is -0.486 e. The van der Waals surface area contributed by atoms with Crippen molar-refractivity contribution >= 4 is 11.7 Å². The maximum absolute atomic E-state index is 13.2. The molecule has 5 rings (SSSR count). The molecule has 0 radical (unpaired) electrons. The molecule has 2 aromatic rings. The first kappa shape index (κ1) is 17.1. The van der Waals surface area contributed by atoms with Gasteiger partial charge in [-0.05, 0) is 30.5 Å². The lowest BCUT2D eigenvalue weighted by Gasteiger charge is -2.32. The Morgan fingerprint density at radius 2 is 1.93 bits per heavy atom. The molecule has 0 spiro atoms. The van der Waals surface area contributed by atoms with Gasteiger partial charge in [0.2, 0.25) is 5.95 Å². The lowest BCUT2D eigenvalue weighted by Crippen LogP contribution is -2.31. The molecule has 1 aromatic carbocycles. The number of nitrogens with zero attached hydrogens (tertiary/aromatic N) is 3. The van der Waals surface area contributed by atoms with Gasteiger partial charge in [0.1, 0.15) is 19.3 Å². The van der Waals surface area contributed by atoms with Crippen LogP contribution in [0.3, 0.4) is 0 Å². The van der Waals surface area contributed by atoms with Crippen LogP contribution in [0.4, 0.5) is 19.1 Å². The first-order valence-corrected chi connectivity index (χ1v) is 8.88. The van der Waals surface area contributed by atoms with E-state index in [-0.39, 0.29) is 11.7 Å². The van der Waals surface area contributed by atoms with Crippen LogP contribution < -0.4 is 14.8 Å². The lowest BCUT2D eigenvalue weighted by atomic mass is 9.85. The topological polar surface area (TPSA) is 78.3 Å². The van der Waals surface area contributed by atoms with Gasteiger partial charge in [0.15, 0.2) is 17.3 Å². The maximum atomic E-state index is 13.2. The fourth-order valence-corrected chi connectivity index (χ4v) is 3.81. The fourth-order valence-electron chi connectivity index (χ4n) is 3.81. The molecular formula is C18H15F3N4O3. The summed E-state index contributed by atoms with van der Waals surface area (Å²) in [6.07, 6.45) is -3.14. The molecule has 1 aromatic heterocycles. The van der Waals surface area contributed by atoms with Crippen LogP contribution in [-0.4, -0.2) is 33.8 Å². The van der Waals surface area contributed by atoms with E-state index >= 15 is 0 Å². The van der Waals surface area contributed by atoms with Crippen molar-refractivity contribution in [3.8, 4) is 11.5 Å². The van der Waals surface area contributed by atoms with E-state index in [2.05, 4.69) is 15.4 Å². The number of benzene rings is 1. The number of anilines is 1. The van der Waals surface area contributed by atoms with Crippen LogP contribution >= 0.6 is 0 Å². The number of ether oxygens (including phenoxy) is 2. The number of carbonyl (C=O) groups excluding carboxylic acids is 1. The quantitative estimate of drug-likeness (QED) is 0.804. The zero-order valence-electron chi connectivity index (χ0n) is 14.5. The van der Waals surface area contributed by atoms with Crippen molar-refractivity contribution in [3.05, 3.63) is 40.9 Å². The molecule has 146 valence electrons. The number of alkyl halides is 3. The summed E-state index contributed by atoms with van der Waals surface area (Å²) in [6, 6.07) is 4.30. The van der Waals surface area contributed by atoms with Gasteiger partial charge in [0, 0.05) is 17.7 Å². The van der Waals surface area contributed by atoms with Gasteiger partial charge in [-0.25, -0.2) is 4.68 Å². The number of carbonyl (C=O) groups is 1. The van der Waals surface area contributed by atoms with Crippen LogP contribution in [0.2, 0.25) is 0 Å². The first-order chi connectivity index (χ1) is 13.4. The molecule has 1 unspecified atom stereocenters. The Labute approximate surface area is 157 Å². The lowest BCUT2D eigenvalue weighted by molar-refractivity contribution is -0.145. The number of hydrogen-bond acceptors (Lipinski definition) is 6. The summed E-state index contributed by atoms with van der Waals surface area (Å²) in [5, 5.41) is 6.55. The highest BCUT2D eigenvalue weighted by Gasteiger charge is 2.42. The second-order valence-electron chi connectivity index (χ2n) is 6.80. The Kier molecular flexibility index (Phi) is 3.65. The summed E-state index contributed by atoms with van der Waals surface area (Å²) >= 11 is 0. The monoisotopic (exact) mass is 392 g/mol. The van der Waals surface area contributed by atoms with Crippen molar-refractivity contribution in [2.45, 2.75) is 31.5 Å². The Hall–Kier alpha value is -3.04. The van der Waals surface area contributed by atoms with Crippen LogP contribution in [0.1, 0.15) is 36.7 Å². The predicted octanol–water partition coefficient (Wildman–Crippen LogP) is 3.09. The molecule has 10 heteroatoms. The molecule has 7 nitrogen and oxygen atoms in total. The maximum Gasteiger partial charge on any atom is 0.453 e. The van der Waals surface area contributed by atoms with E-state index in [0.29, 0.717) is 60.8 Å². The van der Waals surface area contributed by atoms with Crippen molar-refractivity contribution in [2.75, 3.05) is 18.5 Å². The SMILES string of the molecule is O=C1CCCC2=C1C(c1ccc3c(c1)OCCO3)n1nc(C(F)(F)F)nc1N2. The molecule has 1 atom stereocenters. The van der Waals surface area contributed by atoms with Crippen LogP contribution in [-0.2, 0) is 11.0 Å². The van der Waals surface area contributed by atoms with E-state index in [1.807, 2.05) is 0 Å². The predicted molar refractivity (Wildman–Crippen MR) is 90.1 cm³/mol. The third-order valence-electron chi connectivity index (χ3n) is 5.00. The van der Waals surface area contributed by atoms with Crippen LogP contribution in [0.25, 0.3) is 0 Å². The number of ketones is 1. The zero-order chi connectivity index (χ0) is 19.5. The second-order valence-corrected chi connectivity index (χ2v) is 6.80. The van der Waals surface area contributed by atoms with E-state index < -0.39 is 18.0 Å². The number of fused-ring (bicyclic) bond motifs is 2. The van der Waals surface area contributed by atoms with E-state index in [0.717, 1.165) is 4.68 Å². The number of aromatic nitrogens is 3. The molecule has 1 N–H and O–H groups in total. The number of allylic oxidation sites excluding steroid dienone is 2. The summed E-state index contributed by atoms with van der Waals surface area (Å²) < 4.78 is 51.8. The van der Waals surface area contributed by atoms with Gasteiger partial charge >= 0.3 is 6.18 Å². The van der Waals surface area contributed by atoms with Gasteiger partial charge in [-0.2, -0.15) is 18.2 Å². The van der Waals surface area contributed by atoms with E-state index in [1.54, 1.807) is 18.2 Å². The third-order valence-corrected chi connectivity index (χ3v) is 5.00. The Bertz CT molecular complexity index is 1010. The van der Waals surface area contributed by atoms with Gasteiger partial charge < -0.3 is 14.8 Å². The van der Waals surface area contributed by atoms with Crippen molar-refractivity contribution in [1.82, 2.24) is 14.8 Å². The summed E-state index contributed by atoms with van der Waals surface area (Å²) in [5.74, 6) is -0.331. The zero-order valence-corrected chi connectivity index (χ0v) is 14.5. The molecular weight excluding hydrogens is 377 g/mol. The highest BCUT2D eigenvalue weighted by atomic mass is 19.4. The molecule has 1 aliphatic carbocycles. The summed E-state index contributed by atoms with van der Waals surface area (Å²) in [4.78, 5) is 16.3. The number of hydrogen-bond donors (Lipinski definition) is 1. The molecule has 0 saturated heterocycles. The minimum atomic E-state index is -4.69. The molecule has 28 heavy (non-hydrogen) atoms. The van der Waals surface area contributed by atoms with Crippen molar-refractivity contribution in [3.63, 3.8) is 0 Å². The average molecular weight is 392 g/mol. The van der Waals surface area contributed by atoms with Gasteiger partial charge in [0.05, 0.1) is 0 Å². The molecule has 3 heterocycles. The van der Waals surface area contributed by atoms with E-state index in [1.165, 1.54) is 0 Å². The molecule has 2 aliphatic heterocycles. The van der Waals surface area contributed by atoms with E-state index in [9.17, 15) is 18.0 Å². The molecule has 0 bridgehead atoms. The summed E-state index contributed by atoms with van der Waals surface area (Å²) in [5.41, 5.74) is 1.62. The highest BCUT2D eigenvalue weighted by Crippen LogP contribution is 2.43. The standard InChI is InChI=1S/C18H15F3N4O3/c19-18(20,21)16-23-17-22-10-2-1-3-11(26)14(10)15(25(17)24-16)9-4-5-12-13(8-9)28-7-6-27-12/h4-5,8,15H,1-3,6-7H2,(H,22,23,24). The number of Topliss-reactive ketones (excluding diaryl/α,β-unsaturated/α-hetero) is 1. The molecule has 3 aliphatic rings. The summed E-state index contributed by atoms with van der Waals surface area (Å²) in [6.45, 7) is 0.804. The molecule has 0 amide bonds. The van der Waals surface area contributed by atoms with Gasteiger partial charge in [-0.3, -0.25) is 4.79 Å². The summed E-state index contributed by atoms with van der Waals surface area (Å²) in [7, 11) is 0. The fraction of sp³-hybridized carbons (Fsp3) is 0.389. The van der Waals surface area contributed by atoms with Crippen molar-refractivity contribution in [2.24, 2.45) is 0 Å². The van der Waals surface area contributed by atoms with Gasteiger partial charge in [-0.15, -0.1) is 5.10 Å². The largest absolute Gasteiger partial charge is 0.486 e. The minimum absolute atomic E-state index is 0.0272. The number of halogens is 3. The van der Waals surface area contributed by atoms with Gasteiger partial charge in [0.25, 0.3) is 5.82 Å². The Morgan fingerprint density at radius 3 is 2.71 bits per heavy atom. The second kappa shape index (κ2) is 5.98. The molecule has 0 fully saturated rings. The van der Waals surface area contributed by atoms with Gasteiger partial charge in [-0.1, -0.05) is 6.07 Å². The molecule has 0 saturated carbocycles. The van der Waals surface area contributed by atoms with Crippen LogP contribution in [0.15, 0.2) is 29.5 Å². The average Bonchev–Trinajstić information content (AvgIpc) is 3.10. The normalized spacial score (nSPS) is 21.1. The Balaban J connectivity index is 1.68. The number of nitrogens with one attached hydrogen (secondary N) is 1. The van der Waals surface area contributed by atoms with Crippen molar-refractivity contribution < 1.29 is 27.4 Å². The third kappa shape index (κ3) is 2.62. The van der Waals surface area contributed by atoms with Crippen molar-refractivity contribution in [1.29, 1.82) is 0 Å². The van der Waals surface area contributed by atoms with Crippen LogP contribution in [0.5, 0.6) is 11.5 Å². The number of rotatable bonds is 1. The highest BCUT2D eigenvalue weighted by molar-refractivity contribution is 5.99. The van der Waals surface area contributed by atoms with Crippen LogP contribution in [0, 0.1) is 0 Å². The Morgan fingerprint density at radius 1 is 1.14 bits per heavy atom. The smallest absolute Gasteiger partial charge is 0.453 e.